The molecule has 0 bridgehead atoms. The minimum absolute atomic E-state index is 0.0475. The lowest BCUT2D eigenvalue weighted by molar-refractivity contribution is 0.0848. The molecular formula is C15H16O. The SMILES string of the molecule is O[C@@H]1CCC[C@@H]2C[C@@]21C#Cc1ccccc1. The zero-order chi connectivity index (χ0) is 11.0. The molecule has 0 saturated heterocycles. The van der Waals surface area contributed by atoms with Gasteiger partial charge in [0.2, 0.25) is 0 Å². The van der Waals surface area contributed by atoms with Gasteiger partial charge < -0.3 is 5.11 Å². The molecule has 1 heteroatoms. The molecule has 16 heavy (non-hydrogen) atoms. The lowest BCUT2D eigenvalue weighted by Gasteiger charge is -2.23. The first-order valence-electron chi connectivity index (χ1n) is 6.07. The lowest BCUT2D eigenvalue weighted by Crippen LogP contribution is -2.25. The summed E-state index contributed by atoms with van der Waals surface area (Å²) in [6.07, 6.45) is 4.26. The highest BCUT2D eigenvalue weighted by Gasteiger charge is 2.59. The Hall–Kier alpha value is -1.26. The van der Waals surface area contributed by atoms with Gasteiger partial charge in [-0.2, -0.15) is 0 Å². The summed E-state index contributed by atoms with van der Waals surface area (Å²) in [5, 5.41) is 10.0. The van der Waals surface area contributed by atoms with Gasteiger partial charge in [-0.25, -0.2) is 0 Å². The number of hydrogen-bond acceptors (Lipinski definition) is 1. The highest BCUT2D eigenvalue weighted by molar-refractivity contribution is 5.38. The van der Waals surface area contributed by atoms with Gasteiger partial charge >= 0.3 is 0 Å². The minimum Gasteiger partial charge on any atom is -0.392 e. The average Bonchev–Trinajstić information content (AvgIpc) is 3.05. The van der Waals surface area contributed by atoms with Gasteiger partial charge in [-0.15, -0.1) is 0 Å². The minimum atomic E-state index is -0.192. The molecule has 1 aromatic rings. The summed E-state index contributed by atoms with van der Waals surface area (Å²) in [6, 6.07) is 10.1. The van der Waals surface area contributed by atoms with Gasteiger partial charge in [0.25, 0.3) is 0 Å². The Morgan fingerprint density at radius 2 is 2.00 bits per heavy atom. The molecule has 2 aliphatic rings. The Morgan fingerprint density at radius 1 is 1.19 bits per heavy atom. The summed E-state index contributed by atoms with van der Waals surface area (Å²) in [7, 11) is 0. The summed E-state index contributed by atoms with van der Waals surface area (Å²) < 4.78 is 0. The molecule has 0 spiro atoms. The van der Waals surface area contributed by atoms with Crippen LogP contribution in [0.3, 0.4) is 0 Å². The van der Waals surface area contributed by atoms with E-state index in [0.717, 1.165) is 18.4 Å². The van der Waals surface area contributed by atoms with Gasteiger partial charge in [0, 0.05) is 5.56 Å². The van der Waals surface area contributed by atoms with E-state index in [1.165, 1.54) is 12.8 Å². The second kappa shape index (κ2) is 3.64. The third-order valence-corrected chi connectivity index (χ3v) is 3.99. The summed E-state index contributed by atoms with van der Waals surface area (Å²) in [5.74, 6) is 7.21. The van der Waals surface area contributed by atoms with E-state index < -0.39 is 0 Å². The number of aliphatic hydroxyl groups is 1. The molecule has 3 atom stereocenters. The van der Waals surface area contributed by atoms with Gasteiger partial charge in [0.15, 0.2) is 0 Å². The van der Waals surface area contributed by atoms with Gasteiger partial charge in [-0.3, -0.25) is 0 Å². The zero-order valence-electron chi connectivity index (χ0n) is 9.32. The lowest BCUT2D eigenvalue weighted by atomic mass is 9.86. The van der Waals surface area contributed by atoms with Gasteiger partial charge in [0.05, 0.1) is 11.5 Å². The van der Waals surface area contributed by atoms with Crippen LogP contribution in [0.2, 0.25) is 0 Å². The Balaban J connectivity index is 1.83. The molecule has 0 radical (unpaired) electrons. The maximum absolute atomic E-state index is 10.0. The molecule has 0 unspecified atom stereocenters. The maximum atomic E-state index is 10.0. The monoisotopic (exact) mass is 212 g/mol. The first kappa shape index (κ1) is 9.93. The van der Waals surface area contributed by atoms with Crippen LogP contribution < -0.4 is 0 Å². The average molecular weight is 212 g/mol. The summed E-state index contributed by atoms with van der Waals surface area (Å²) in [4.78, 5) is 0. The van der Waals surface area contributed by atoms with E-state index in [-0.39, 0.29) is 11.5 Å². The van der Waals surface area contributed by atoms with Crippen molar-refractivity contribution in [3.05, 3.63) is 35.9 Å². The smallest absolute Gasteiger partial charge is 0.0708 e. The van der Waals surface area contributed by atoms with Crippen LogP contribution in [0.5, 0.6) is 0 Å². The van der Waals surface area contributed by atoms with Crippen LogP contribution in [0.4, 0.5) is 0 Å². The molecule has 0 aromatic heterocycles. The van der Waals surface area contributed by atoms with Crippen LogP contribution >= 0.6 is 0 Å². The predicted octanol–water partition coefficient (Wildman–Crippen LogP) is 2.59. The van der Waals surface area contributed by atoms with Gasteiger partial charge in [0.1, 0.15) is 0 Å². The Labute approximate surface area is 96.5 Å². The first-order valence-corrected chi connectivity index (χ1v) is 6.07. The molecule has 1 aromatic carbocycles. The van der Waals surface area contributed by atoms with Crippen LogP contribution in [0.1, 0.15) is 31.2 Å². The Morgan fingerprint density at radius 3 is 2.75 bits per heavy atom. The van der Waals surface area contributed by atoms with Crippen molar-refractivity contribution < 1.29 is 5.11 Å². The van der Waals surface area contributed by atoms with Crippen molar-refractivity contribution >= 4 is 0 Å². The van der Waals surface area contributed by atoms with Crippen molar-refractivity contribution in [2.45, 2.75) is 31.8 Å². The van der Waals surface area contributed by atoms with E-state index in [1.54, 1.807) is 0 Å². The van der Waals surface area contributed by atoms with Crippen molar-refractivity contribution in [3.63, 3.8) is 0 Å². The second-order valence-electron chi connectivity index (χ2n) is 5.00. The van der Waals surface area contributed by atoms with Crippen LogP contribution in [0.25, 0.3) is 0 Å². The fraction of sp³-hybridized carbons (Fsp3) is 0.467. The molecule has 0 heterocycles. The number of benzene rings is 1. The fourth-order valence-electron chi connectivity index (χ4n) is 2.88. The van der Waals surface area contributed by atoms with Crippen LogP contribution in [0.15, 0.2) is 30.3 Å². The molecule has 0 amide bonds. The van der Waals surface area contributed by atoms with E-state index in [4.69, 9.17) is 0 Å². The highest BCUT2D eigenvalue weighted by Crippen LogP contribution is 2.60. The van der Waals surface area contributed by atoms with Crippen LogP contribution in [0, 0.1) is 23.2 Å². The number of hydrogen-bond donors (Lipinski definition) is 1. The molecule has 2 aliphatic carbocycles. The third kappa shape index (κ3) is 1.54. The Bertz CT molecular complexity index is 439. The zero-order valence-corrected chi connectivity index (χ0v) is 9.32. The molecule has 3 rings (SSSR count). The molecule has 1 nitrogen and oxygen atoms in total. The summed E-state index contributed by atoms with van der Waals surface area (Å²) >= 11 is 0. The third-order valence-electron chi connectivity index (χ3n) is 3.99. The normalized spacial score (nSPS) is 35.8. The topological polar surface area (TPSA) is 20.2 Å². The maximum Gasteiger partial charge on any atom is 0.0708 e. The molecular weight excluding hydrogens is 196 g/mol. The van der Waals surface area contributed by atoms with E-state index >= 15 is 0 Å². The first-order chi connectivity index (χ1) is 7.81. The Kier molecular flexibility index (Phi) is 2.26. The van der Waals surface area contributed by atoms with Gasteiger partial charge in [-0.1, -0.05) is 36.5 Å². The van der Waals surface area contributed by atoms with E-state index in [2.05, 4.69) is 11.8 Å². The van der Waals surface area contributed by atoms with Crippen LogP contribution in [-0.4, -0.2) is 11.2 Å². The predicted molar refractivity (Wildman–Crippen MR) is 63.7 cm³/mol. The van der Waals surface area contributed by atoms with Crippen molar-refractivity contribution in [2.75, 3.05) is 0 Å². The summed E-state index contributed by atoms with van der Waals surface area (Å²) in [6.45, 7) is 0. The molecule has 0 aliphatic heterocycles. The molecule has 82 valence electrons. The molecule has 2 fully saturated rings. The van der Waals surface area contributed by atoms with E-state index in [9.17, 15) is 5.11 Å². The highest BCUT2D eigenvalue weighted by atomic mass is 16.3. The van der Waals surface area contributed by atoms with Crippen molar-refractivity contribution in [1.29, 1.82) is 0 Å². The second-order valence-corrected chi connectivity index (χ2v) is 5.00. The van der Waals surface area contributed by atoms with E-state index in [1.807, 2.05) is 30.3 Å². The number of fused-ring (bicyclic) bond motifs is 1. The number of rotatable bonds is 0. The summed E-state index contributed by atoms with van der Waals surface area (Å²) in [5.41, 5.74) is 1.01. The van der Waals surface area contributed by atoms with Crippen molar-refractivity contribution in [1.82, 2.24) is 0 Å². The molecule has 2 saturated carbocycles. The van der Waals surface area contributed by atoms with E-state index in [0.29, 0.717) is 5.92 Å². The largest absolute Gasteiger partial charge is 0.392 e. The standard InChI is InChI=1S/C15H16O/c16-14-8-4-7-13-11-15(13,14)10-9-12-5-2-1-3-6-12/h1-3,5-6,13-14,16H,4,7-8,11H2/t13-,14-,15+/m1/s1. The van der Waals surface area contributed by atoms with Gasteiger partial charge in [-0.05, 0) is 37.3 Å². The van der Waals surface area contributed by atoms with Crippen molar-refractivity contribution in [2.24, 2.45) is 11.3 Å². The van der Waals surface area contributed by atoms with Crippen molar-refractivity contribution in [3.8, 4) is 11.8 Å². The van der Waals surface area contributed by atoms with Crippen LogP contribution in [-0.2, 0) is 0 Å². The molecule has 1 N–H and O–H groups in total. The number of aliphatic hydroxyl groups excluding tert-OH is 1. The quantitative estimate of drug-likeness (QED) is 0.655. The fourth-order valence-corrected chi connectivity index (χ4v) is 2.88.